The van der Waals surface area contributed by atoms with Gasteiger partial charge in [0.2, 0.25) is 11.8 Å². The zero-order valence-electron chi connectivity index (χ0n) is 20.7. The minimum atomic E-state index is -1.10. The first kappa shape index (κ1) is 25.7. The number of rotatable bonds is 11. The predicted molar refractivity (Wildman–Crippen MR) is 123 cm³/mol. The largest absolute Gasteiger partial charge is 0.466 e. The molecule has 8 heteroatoms. The van der Waals surface area contributed by atoms with E-state index in [2.05, 4.69) is 13.5 Å². The second-order valence-electron chi connectivity index (χ2n) is 9.89. The lowest BCUT2D eigenvalue weighted by molar-refractivity contribution is -0.162. The maximum Gasteiger partial charge on any atom is 0.312 e. The molecule has 7 atom stereocenters. The lowest BCUT2D eigenvalue weighted by Gasteiger charge is -2.41. The Hall–Kier alpha value is -1.93. The van der Waals surface area contributed by atoms with Crippen LogP contribution in [0.1, 0.15) is 66.7 Å². The molecule has 3 rings (SSSR count). The van der Waals surface area contributed by atoms with Crippen molar-refractivity contribution in [1.29, 1.82) is 0 Å². The number of ether oxygens (including phenoxy) is 2. The summed E-state index contributed by atoms with van der Waals surface area (Å²) in [6.45, 7) is 13.7. The molecule has 0 saturated carbocycles. The fraction of sp³-hybridized carbons (Fsp3) is 0.800. The maximum absolute atomic E-state index is 14.2. The Morgan fingerprint density at radius 1 is 1.36 bits per heavy atom. The van der Waals surface area contributed by atoms with E-state index >= 15 is 0 Å². The number of nitrogens with zero attached hydrogens (tertiary/aromatic N) is 2. The van der Waals surface area contributed by atoms with Gasteiger partial charge in [0.05, 0.1) is 30.8 Å². The SMILES string of the molecule is C=CCN(C(=O)C1N([C@@H](CC)CO)C(=O)[C@@H]2[C@H](C(=O)OCC)[C@]3(C)CCC12O3)C(C)CCC. The van der Waals surface area contributed by atoms with Crippen molar-refractivity contribution in [2.24, 2.45) is 11.8 Å². The van der Waals surface area contributed by atoms with Crippen molar-refractivity contribution in [2.45, 2.75) is 96.1 Å². The van der Waals surface area contributed by atoms with Crippen molar-refractivity contribution in [3.8, 4) is 0 Å². The van der Waals surface area contributed by atoms with Crippen LogP contribution < -0.4 is 0 Å². The lowest BCUT2D eigenvalue weighted by Crippen LogP contribution is -2.60. The van der Waals surface area contributed by atoms with E-state index in [1.165, 1.54) is 4.90 Å². The second-order valence-corrected chi connectivity index (χ2v) is 9.89. The molecule has 2 bridgehead atoms. The molecule has 3 aliphatic heterocycles. The molecule has 8 nitrogen and oxygen atoms in total. The summed E-state index contributed by atoms with van der Waals surface area (Å²) in [5.74, 6) is -2.51. The van der Waals surface area contributed by atoms with Crippen molar-refractivity contribution >= 4 is 17.8 Å². The summed E-state index contributed by atoms with van der Waals surface area (Å²) >= 11 is 0. The third-order valence-corrected chi connectivity index (χ3v) is 7.91. The zero-order chi connectivity index (χ0) is 24.6. The summed E-state index contributed by atoms with van der Waals surface area (Å²) in [5.41, 5.74) is -1.95. The van der Waals surface area contributed by atoms with Crippen molar-refractivity contribution in [1.82, 2.24) is 9.80 Å². The van der Waals surface area contributed by atoms with E-state index < -0.39 is 41.1 Å². The first-order valence-corrected chi connectivity index (χ1v) is 12.4. The van der Waals surface area contributed by atoms with E-state index in [1.807, 2.05) is 20.8 Å². The Kier molecular flexibility index (Phi) is 7.58. The fourth-order valence-corrected chi connectivity index (χ4v) is 6.40. The molecule has 3 saturated heterocycles. The van der Waals surface area contributed by atoms with E-state index in [-0.39, 0.29) is 31.1 Å². The van der Waals surface area contributed by atoms with Crippen LogP contribution in [0.15, 0.2) is 12.7 Å². The third-order valence-electron chi connectivity index (χ3n) is 7.91. The van der Waals surface area contributed by atoms with Gasteiger partial charge in [0.25, 0.3) is 0 Å². The first-order valence-electron chi connectivity index (χ1n) is 12.4. The van der Waals surface area contributed by atoms with Crippen molar-refractivity contribution in [2.75, 3.05) is 19.8 Å². The summed E-state index contributed by atoms with van der Waals surface area (Å²) in [6.07, 6.45) is 4.99. The molecule has 0 aromatic rings. The Bertz CT molecular complexity index is 783. The molecule has 0 aromatic carbocycles. The second kappa shape index (κ2) is 9.74. The van der Waals surface area contributed by atoms with Crippen LogP contribution in [-0.4, -0.2) is 81.8 Å². The van der Waals surface area contributed by atoms with Crippen LogP contribution in [0.2, 0.25) is 0 Å². The highest BCUT2D eigenvalue weighted by Crippen LogP contribution is 2.63. The number of fused-ring (bicyclic) bond motifs is 1. The number of aliphatic hydroxyl groups is 1. The Morgan fingerprint density at radius 3 is 2.61 bits per heavy atom. The van der Waals surface area contributed by atoms with Gasteiger partial charge in [-0.15, -0.1) is 6.58 Å². The number of carbonyl (C=O) groups is 3. The number of likely N-dealkylation sites (tertiary alicyclic amines) is 1. The Balaban J connectivity index is 2.12. The van der Waals surface area contributed by atoms with Crippen molar-refractivity contribution in [3.05, 3.63) is 12.7 Å². The van der Waals surface area contributed by atoms with E-state index in [0.717, 1.165) is 12.8 Å². The van der Waals surface area contributed by atoms with Gasteiger partial charge in [-0.05, 0) is 46.5 Å². The molecule has 0 radical (unpaired) electrons. The molecule has 0 aromatic heterocycles. The molecular formula is C25H40N2O6. The third kappa shape index (κ3) is 3.89. The highest BCUT2D eigenvalue weighted by molar-refractivity contribution is 5.98. The average molecular weight is 465 g/mol. The quantitative estimate of drug-likeness (QED) is 0.372. The summed E-state index contributed by atoms with van der Waals surface area (Å²) < 4.78 is 11.9. The minimum Gasteiger partial charge on any atom is -0.466 e. The molecular weight excluding hydrogens is 424 g/mol. The summed E-state index contributed by atoms with van der Waals surface area (Å²) in [7, 11) is 0. The number of hydrogen-bond acceptors (Lipinski definition) is 6. The maximum atomic E-state index is 14.2. The van der Waals surface area contributed by atoms with Crippen molar-refractivity contribution < 1.29 is 29.0 Å². The van der Waals surface area contributed by atoms with Gasteiger partial charge in [0, 0.05) is 12.6 Å². The number of hydrogen-bond donors (Lipinski definition) is 1. The van der Waals surface area contributed by atoms with Crippen LogP contribution in [0.25, 0.3) is 0 Å². The number of amides is 2. The summed E-state index contributed by atoms with van der Waals surface area (Å²) in [6, 6.07) is -1.47. The monoisotopic (exact) mass is 464 g/mol. The summed E-state index contributed by atoms with van der Waals surface area (Å²) in [4.78, 5) is 44.4. The van der Waals surface area contributed by atoms with Gasteiger partial charge in [-0.3, -0.25) is 14.4 Å². The summed E-state index contributed by atoms with van der Waals surface area (Å²) in [5, 5.41) is 10.1. The standard InChI is InChI=1S/C25H40N2O6/c1-7-11-16(5)26(14-8-2)22(30)20-25-13-12-24(6,33-25)19(23(31)32-10-4)18(25)21(29)27(20)17(9-3)15-28/h8,16-20,28H,2,7,9-15H2,1,3-6H3/t16?,17-,18-,19+,20?,24-,25?/m0/s1. The number of aliphatic hydroxyl groups excluding tert-OH is 1. The van der Waals surface area contributed by atoms with Crippen LogP contribution in [0.3, 0.4) is 0 Å². The highest BCUT2D eigenvalue weighted by atomic mass is 16.6. The molecule has 3 fully saturated rings. The van der Waals surface area contributed by atoms with Crippen LogP contribution >= 0.6 is 0 Å². The smallest absolute Gasteiger partial charge is 0.312 e. The molecule has 2 amide bonds. The van der Waals surface area contributed by atoms with Gasteiger partial charge in [-0.2, -0.15) is 0 Å². The predicted octanol–water partition coefficient (Wildman–Crippen LogP) is 2.29. The molecule has 1 N–H and O–H groups in total. The highest BCUT2D eigenvalue weighted by Gasteiger charge is 2.79. The Labute approximate surface area is 197 Å². The van der Waals surface area contributed by atoms with Gasteiger partial charge in [0.1, 0.15) is 17.6 Å². The molecule has 3 heterocycles. The van der Waals surface area contributed by atoms with Gasteiger partial charge in [-0.25, -0.2) is 0 Å². The number of carbonyl (C=O) groups excluding carboxylic acids is 3. The van der Waals surface area contributed by atoms with Crippen LogP contribution in [0.4, 0.5) is 0 Å². The van der Waals surface area contributed by atoms with E-state index in [9.17, 15) is 19.5 Å². The molecule has 0 aliphatic carbocycles. The van der Waals surface area contributed by atoms with Crippen LogP contribution in [0, 0.1) is 11.8 Å². The molecule has 3 unspecified atom stereocenters. The lowest BCUT2D eigenvalue weighted by atomic mass is 9.66. The molecule has 33 heavy (non-hydrogen) atoms. The number of esters is 1. The van der Waals surface area contributed by atoms with Gasteiger partial charge in [-0.1, -0.05) is 26.3 Å². The van der Waals surface area contributed by atoms with E-state index in [4.69, 9.17) is 9.47 Å². The molecule has 186 valence electrons. The fourth-order valence-electron chi connectivity index (χ4n) is 6.40. The van der Waals surface area contributed by atoms with Crippen LogP contribution in [-0.2, 0) is 23.9 Å². The van der Waals surface area contributed by atoms with Gasteiger partial charge >= 0.3 is 5.97 Å². The van der Waals surface area contributed by atoms with Gasteiger partial charge < -0.3 is 24.4 Å². The molecule has 3 aliphatic rings. The van der Waals surface area contributed by atoms with E-state index in [1.54, 1.807) is 17.9 Å². The van der Waals surface area contributed by atoms with Crippen LogP contribution in [0.5, 0.6) is 0 Å². The first-order chi connectivity index (χ1) is 15.7. The topological polar surface area (TPSA) is 96.4 Å². The minimum absolute atomic E-state index is 0.0443. The van der Waals surface area contributed by atoms with Crippen molar-refractivity contribution in [3.63, 3.8) is 0 Å². The zero-order valence-corrected chi connectivity index (χ0v) is 20.7. The Morgan fingerprint density at radius 2 is 2.06 bits per heavy atom. The van der Waals surface area contributed by atoms with E-state index in [0.29, 0.717) is 25.8 Å². The normalized spacial score (nSPS) is 34.2. The average Bonchev–Trinajstić information content (AvgIpc) is 3.34. The van der Waals surface area contributed by atoms with Gasteiger partial charge in [0.15, 0.2) is 0 Å². The molecule has 1 spiro atoms.